The van der Waals surface area contributed by atoms with Crippen molar-refractivity contribution in [1.82, 2.24) is 5.32 Å². The molecular formula is C48H91NO3. The van der Waals surface area contributed by atoms with Gasteiger partial charge in [-0.15, -0.1) is 0 Å². The Hall–Kier alpha value is -1.39. The van der Waals surface area contributed by atoms with Crippen LogP contribution in [-0.4, -0.2) is 34.9 Å². The van der Waals surface area contributed by atoms with Gasteiger partial charge in [-0.1, -0.05) is 217 Å². The molecule has 0 saturated carbocycles. The van der Waals surface area contributed by atoms with Crippen molar-refractivity contribution in [2.75, 3.05) is 6.61 Å². The molecule has 0 rings (SSSR count). The van der Waals surface area contributed by atoms with E-state index >= 15 is 0 Å². The lowest BCUT2D eigenvalue weighted by atomic mass is 10.0. The lowest BCUT2D eigenvalue weighted by Crippen LogP contribution is -2.45. The fraction of sp³-hybridized carbons (Fsp3) is 0.854. The second kappa shape index (κ2) is 44.0. The molecule has 2 unspecified atom stereocenters. The number of aliphatic hydroxyl groups is 2. The summed E-state index contributed by atoms with van der Waals surface area (Å²) in [6, 6.07) is -0.638. The predicted molar refractivity (Wildman–Crippen MR) is 230 cm³/mol. The van der Waals surface area contributed by atoms with E-state index in [1.165, 1.54) is 193 Å². The summed E-state index contributed by atoms with van der Waals surface area (Å²) in [7, 11) is 0. The monoisotopic (exact) mass is 730 g/mol. The first-order chi connectivity index (χ1) is 25.7. The SMILES string of the molecule is CCCCCCCCCC/C=C\CCCCCCCCCCCCCC(=O)NC(CO)C(O)/C=C/CC/C=C/CCCCCCCCCCCCC. The van der Waals surface area contributed by atoms with Crippen LogP contribution >= 0.6 is 0 Å². The Labute approximate surface area is 325 Å². The smallest absolute Gasteiger partial charge is 0.220 e. The van der Waals surface area contributed by atoms with Crippen LogP contribution in [0.2, 0.25) is 0 Å². The second-order valence-electron chi connectivity index (χ2n) is 15.8. The van der Waals surface area contributed by atoms with Crippen LogP contribution in [0.4, 0.5) is 0 Å². The highest BCUT2D eigenvalue weighted by Gasteiger charge is 2.17. The molecule has 0 aromatic heterocycles. The molecule has 306 valence electrons. The molecule has 0 radical (unpaired) electrons. The number of aliphatic hydroxyl groups excluding tert-OH is 2. The van der Waals surface area contributed by atoms with Crippen molar-refractivity contribution >= 4 is 5.91 Å². The fourth-order valence-electron chi connectivity index (χ4n) is 7.01. The summed E-state index contributed by atoms with van der Waals surface area (Å²) < 4.78 is 0. The summed E-state index contributed by atoms with van der Waals surface area (Å²) in [4.78, 5) is 12.4. The van der Waals surface area contributed by atoms with Crippen molar-refractivity contribution < 1.29 is 15.0 Å². The molecule has 0 aliphatic heterocycles. The van der Waals surface area contributed by atoms with Crippen molar-refractivity contribution in [3.63, 3.8) is 0 Å². The summed E-state index contributed by atoms with van der Waals surface area (Å²) in [6.07, 6.45) is 58.3. The first-order valence-corrected chi connectivity index (χ1v) is 23.2. The van der Waals surface area contributed by atoms with Crippen LogP contribution in [0.5, 0.6) is 0 Å². The number of hydrogen-bond donors (Lipinski definition) is 3. The van der Waals surface area contributed by atoms with Crippen LogP contribution in [0.25, 0.3) is 0 Å². The molecule has 3 N–H and O–H groups in total. The van der Waals surface area contributed by atoms with E-state index in [1.54, 1.807) is 6.08 Å². The number of amides is 1. The van der Waals surface area contributed by atoms with Gasteiger partial charge >= 0.3 is 0 Å². The fourth-order valence-corrected chi connectivity index (χ4v) is 7.01. The van der Waals surface area contributed by atoms with Gasteiger partial charge in [-0.25, -0.2) is 0 Å². The van der Waals surface area contributed by atoms with Gasteiger partial charge in [-0.05, 0) is 57.8 Å². The molecule has 0 aromatic carbocycles. The molecule has 0 aromatic rings. The number of carbonyl (C=O) groups is 1. The number of unbranched alkanes of at least 4 members (excludes halogenated alkanes) is 31. The maximum Gasteiger partial charge on any atom is 0.220 e. The first-order valence-electron chi connectivity index (χ1n) is 23.2. The van der Waals surface area contributed by atoms with Crippen LogP contribution < -0.4 is 5.32 Å². The van der Waals surface area contributed by atoms with Gasteiger partial charge < -0.3 is 15.5 Å². The molecule has 52 heavy (non-hydrogen) atoms. The summed E-state index contributed by atoms with van der Waals surface area (Å²) >= 11 is 0. The second-order valence-corrected chi connectivity index (χ2v) is 15.8. The molecule has 0 heterocycles. The van der Waals surface area contributed by atoms with Crippen LogP contribution in [0.3, 0.4) is 0 Å². The number of rotatable bonds is 42. The number of allylic oxidation sites excluding steroid dienone is 5. The average Bonchev–Trinajstić information content (AvgIpc) is 3.15. The first kappa shape index (κ1) is 50.6. The maximum absolute atomic E-state index is 12.4. The normalized spacial score (nSPS) is 13.2. The van der Waals surface area contributed by atoms with Gasteiger partial charge in [0, 0.05) is 6.42 Å². The third kappa shape index (κ3) is 39.8. The molecule has 0 saturated heterocycles. The summed E-state index contributed by atoms with van der Waals surface area (Å²) in [5.74, 6) is -0.0733. The summed E-state index contributed by atoms with van der Waals surface area (Å²) in [6.45, 7) is 4.31. The van der Waals surface area contributed by atoms with Gasteiger partial charge in [0.25, 0.3) is 0 Å². The number of hydrogen-bond acceptors (Lipinski definition) is 3. The largest absolute Gasteiger partial charge is 0.394 e. The average molecular weight is 730 g/mol. The molecule has 2 atom stereocenters. The molecule has 0 bridgehead atoms. The Kier molecular flexibility index (Phi) is 42.8. The zero-order valence-corrected chi connectivity index (χ0v) is 35.1. The Balaban J connectivity index is 3.57. The third-order valence-electron chi connectivity index (χ3n) is 10.6. The standard InChI is InChI=1S/C48H91NO3/c1-3-5-7-9-11-13-15-17-19-21-22-23-24-25-26-28-30-32-34-36-38-40-42-44-48(52)49-46(45-50)47(51)43-41-39-37-35-33-31-29-27-20-18-16-14-12-10-8-6-4-2/h21-22,33,35,41,43,46-47,50-51H,3-20,23-32,34,36-40,42,44-45H2,1-2H3,(H,49,52)/b22-21-,35-33+,43-41+. The van der Waals surface area contributed by atoms with Gasteiger partial charge in [0.2, 0.25) is 5.91 Å². The van der Waals surface area contributed by atoms with E-state index < -0.39 is 12.1 Å². The van der Waals surface area contributed by atoms with Gasteiger partial charge in [-0.2, -0.15) is 0 Å². The van der Waals surface area contributed by atoms with E-state index in [9.17, 15) is 15.0 Å². The minimum Gasteiger partial charge on any atom is -0.394 e. The summed E-state index contributed by atoms with van der Waals surface area (Å²) in [5, 5.41) is 23.0. The van der Waals surface area contributed by atoms with E-state index in [2.05, 4.69) is 43.5 Å². The van der Waals surface area contributed by atoms with Crippen molar-refractivity contribution in [3.8, 4) is 0 Å². The maximum atomic E-state index is 12.4. The van der Waals surface area contributed by atoms with Gasteiger partial charge in [0.05, 0.1) is 18.8 Å². The highest BCUT2D eigenvalue weighted by molar-refractivity contribution is 5.76. The molecule has 0 aliphatic rings. The molecule has 4 heteroatoms. The highest BCUT2D eigenvalue weighted by atomic mass is 16.3. The van der Waals surface area contributed by atoms with E-state index in [4.69, 9.17) is 0 Å². The number of nitrogens with one attached hydrogen (secondary N) is 1. The van der Waals surface area contributed by atoms with Crippen LogP contribution in [0.1, 0.15) is 245 Å². The van der Waals surface area contributed by atoms with Crippen molar-refractivity contribution in [2.45, 2.75) is 257 Å². The zero-order valence-electron chi connectivity index (χ0n) is 35.1. The van der Waals surface area contributed by atoms with Crippen LogP contribution in [0, 0.1) is 0 Å². The van der Waals surface area contributed by atoms with Crippen molar-refractivity contribution in [3.05, 3.63) is 36.5 Å². The lowest BCUT2D eigenvalue weighted by Gasteiger charge is -2.19. The Morgan fingerprint density at radius 3 is 1.12 bits per heavy atom. The lowest BCUT2D eigenvalue weighted by molar-refractivity contribution is -0.123. The third-order valence-corrected chi connectivity index (χ3v) is 10.6. The predicted octanol–water partition coefficient (Wildman–Crippen LogP) is 14.6. The molecular weight excluding hydrogens is 639 g/mol. The zero-order chi connectivity index (χ0) is 37.8. The van der Waals surface area contributed by atoms with E-state index in [0.29, 0.717) is 6.42 Å². The van der Waals surface area contributed by atoms with Crippen LogP contribution in [0.15, 0.2) is 36.5 Å². The quantitative estimate of drug-likeness (QED) is 0.0433. The van der Waals surface area contributed by atoms with Crippen LogP contribution in [-0.2, 0) is 4.79 Å². The minimum absolute atomic E-state index is 0.0733. The van der Waals surface area contributed by atoms with Gasteiger partial charge in [0.15, 0.2) is 0 Å². The van der Waals surface area contributed by atoms with Gasteiger partial charge in [0.1, 0.15) is 0 Å². The van der Waals surface area contributed by atoms with Crippen molar-refractivity contribution in [1.29, 1.82) is 0 Å². The highest BCUT2D eigenvalue weighted by Crippen LogP contribution is 2.15. The minimum atomic E-state index is -0.861. The van der Waals surface area contributed by atoms with E-state index in [1.807, 2.05) is 6.08 Å². The topological polar surface area (TPSA) is 69.6 Å². The molecule has 0 fully saturated rings. The van der Waals surface area contributed by atoms with E-state index in [0.717, 1.165) is 32.1 Å². The van der Waals surface area contributed by atoms with Crippen molar-refractivity contribution in [2.24, 2.45) is 0 Å². The molecule has 0 spiro atoms. The summed E-state index contributed by atoms with van der Waals surface area (Å²) in [5.41, 5.74) is 0. The molecule has 1 amide bonds. The Morgan fingerprint density at radius 1 is 0.442 bits per heavy atom. The van der Waals surface area contributed by atoms with E-state index in [-0.39, 0.29) is 12.5 Å². The Bertz CT molecular complexity index is 790. The number of carbonyl (C=O) groups excluding carboxylic acids is 1. The Morgan fingerprint density at radius 2 is 0.750 bits per heavy atom. The molecule has 0 aliphatic carbocycles. The molecule has 4 nitrogen and oxygen atoms in total. The van der Waals surface area contributed by atoms with Gasteiger partial charge in [-0.3, -0.25) is 4.79 Å².